The van der Waals surface area contributed by atoms with E-state index in [4.69, 9.17) is 0 Å². The van der Waals surface area contributed by atoms with Crippen molar-refractivity contribution >= 4 is 22.4 Å². The molecule has 0 aromatic carbocycles. The van der Waals surface area contributed by atoms with Crippen molar-refractivity contribution < 1.29 is 4.79 Å². The maximum atomic E-state index is 12.3. The second kappa shape index (κ2) is 5.30. The van der Waals surface area contributed by atoms with Crippen molar-refractivity contribution in [3.8, 4) is 11.4 Å². The van der Waals surface area contributed by atoms with Crippen LogP contribution in [0.3, 0.4) is 0 Å². The Hall–Kier alpha value is -1.79. The van der Waals surface area contributed by atoms with Gasteiger partial charge in [-0.25, -0.2) is 4.98 Å². The molecule has 104 valence electrons. The Morgan fingerprint density at radius 1 is 1.45 bits per heavy atom. The van der Waals surface area contributed by atoms with Gasteiger partial charge >= 0.3 is 0 Å². The van der Waals surface area contributed by atoms with Crippen molar-refractivity contribution in [1.82, 2.24) is 15.3 Å². The Morgan fingerprint density at radius 3 is 3.05 bits per heavy atom. The lowest BCUT2D eigenvalue weighted by atomic mass is 9.89. The van der Waals surface area contributed by atoms with E-state index >= 15 is 0 Å². The molecule has 1 atom stereocenters. The van der Waals surface area contributed by atoms with Gasteiger partial charge in [-0.1, -0.05) is 6.07 Å². The first-order valence-electron chi connectivity index (χ1n) is 6.56. The number of amides is 1. The number of anilines is 1. The van der Waals surface area contributed by atoms with Gasteiger partial charge in [0.2, 0.25) is 5.91 Å². The molecule has 6 heteroatoms. The van der Waals surface area contributed by atoms with Gasteiger partial charge in [0.05, 0.1) is 11.1 Å². The topological polar surface area (TPSA) is 66.9 Å². The second-order valence-electron chi connectivity index (χ2n) is 5.19. The molecule has 1 aliphatic heterocycles. The predicted octanol–water partition coefficient (Wildman–Crippen LogP) is 2.14. The van der Waals surface area contributed by atoms with Crippen molar-refractivity contribution in [2.24, 2.45) is 5.41 Å². The van der Waals surface area contributed by atoms with E-state index in [1.807, 2.05) is 30.5 Å². The quantitative estimate of drug-likeness (QED) is 0.908. The zero-order chi connectivity index (χ0) is 14.0. The molecule has 2 aromatic heterocycles. The number of hydrogen-bond donors (Lipinski definition) is 2. The SMILES string of the molecule is CC1(C(=O)Nc2nc(-c3ccccn3)cs2)CCNC1. The average molecular weight is 288 g/mol. The Kier molecular flexibility index (Phi) is 3.50. The van der Waals surface area contributed by atoms with Crippen LogP contribution in [0, 0.1) is 5.41 Å². The molecule has 0 bridgehead atoms. The van der Waals surface area contributed by atoms with Crippen molar-refractivity contribution in [3.05, 3.63) is 29.8 Å². The van der Waals surface area contributed by atoms with Gasteiger partial charge in [0.25, 0.3) is 0 Å². The van der Waals surface area contributed by atoms with Gasteiger partial charge in [-0.2, -0.15) is 0 Å². The zero-order valence-corrected chi connectivity index (χ0v) is 12.0. The van der Waals surface area contributed by atoms with Crippen LogP contribution in [-0.2, 0) is 4.79 Å². The minimum absolute atomic E-state index is 0.0319. The number of nitrogens with zero attached hydrogens (tertiary/aromatic N) is 2. The molecular weight excluding hydrogens is 272 g/mol. The molecule has 0 aliphatic carbocycles. The zero-order valence-electron chi connectivity index (χ0n) is 11.2. The van der Waals surface area contributed by atoms with E-state index in [9.17, 15) is 4.79 Å². The number of hydrogen-bond acceptors (Lipinski definition) is 5. The number of carbonyl (C=O) groups excluding carboxylic acids is 1. The largest absolute Gasteiger partial charge is 0.316 e. The third kappa shape index (κ3) is 2.57. The minimum atomic E-state index is -0.336. The van der Waals surface area contributed by atoms with Crippen LogP contribution in [0.5, 0.6) is 0 Å². The summed E-state index contributed by atoms with van der Waals surface area (Å²) in [5.41, 5.74) is 1.27. The minimum Gasteiger partial charge on any atom is -0.316 e. The lowest BCUT2D eigenvalue weighted by Gasteiger charge is -2.20. The summed E-state index contributed by atoms with van der Waals surface area (Å²) in [6.07, 6.45) is 2.59. The Labute approximate surface area is 121 Å². The molecule has 1 unspecified atom stereocenters. The normalized spacial score (nSPS) is 21.9. The Balaban J connectivity index is 1.73. The third-order valence-electron chi connectivity index (χ3n) is 3.57. The van der Waals surface area contributed by atoms with E-state index in [2.05, 4.69) is 20.6 Å². The third-order valence-corrected chi connectivity index (χ3v) is 4.33. The van der Waals surface area contributed by atoms with E-state index in [-0.39, 0.29) is 11.3 Å². The molecule has 0 saturated carbocycles. The molecule has 5 nitrogen and oxygen atoms in total. The summed E-state index contributed by atoms with van der Waals surface area (Å²) < 4.78 is 0. The van der Waals surface area contributed by atoms with Gasteiger partial charge < -0.3 is 10.6 Å². The Bertz CT molecular complexity index is 605. The molecule has 20 heavy (non-hydrogen) atoms. The number of aromatic nitrogens is 2. The van der Waals surface area contributed by atoms with Crippen molar-refractivity contribution in [3.63, 3.8) is 0 Å². The van der Waals surface area contributed by atoms with E-state index in [0.29, 0.717) is 5.13 Å². The number of rotatable bonds is 3. The van der Waals surface area contributed by atoms with Crippen LogP contribution in [0.25, 0.3) is 11.4 Å². The fourth-order valence-electron chi connectivity index (χ4n) is 2.22. The standard InChI is InChI=1S/C14H16N4OS/c1-14(5-7-15-9-14)12(19)18-13-17-11(8-20-13)10-4-2-3-6-16-10/h2-4,6,8,15H,5,7,9H2,1H3,(H,17,18,19). The highest BCUT2D eigenvalue weighted by atomic mass is 32.1. The molecule has 1 aliphatic rings. The fourth-order valence-corrected chi connectivity index (χ4v) is 2.92. The predicted molar refractivity (Wildman–Crippen MR) is 79.6 cm³/mol. The number of pyridine rings is 1. The highest BCUT2D eigenvalue weighted by Crippen LogP contribution is 2.28. The van der Waals surface area contributed by atoms with E-state index < -0.39 is 0 Å². The highest BCUT2D eigenvalue weighted by molar-refractivity contribution is 7.14. The first-order valence-corrected chi connectivity index (χ1v) is 7.44. The number of carbonyl (C=O) groups is 1. The van der Waals surface area contributed by atoms with Crippen LogP contribution < -0.4 is 10.6 Å². The summed E-state index contributed by atoms with van der Waals surface area (Å²) in [4.78, 5) is 21.0. The summed E-state index contributed by atoms with van der Waals surface area (Å²) in [5, 5.41) is 8.68. The van der Waals surface area contributed by atoms with Crippen LogP contribution in [0.15, 0.2) is 29.8 Å². The molecule has 0 spiro atoms. The van der Waals surface area contributed by atoms with Crippen molar-refractivity contribution in [2.45, 2.75) is 13.3 Å². The van der Waals surface area contributed by atoms with Gasteiger partial charge in [0.1, 0.15) is 5.69 Å². The van der Waals surface area contributed by atoms with Crippen LogP contribution in [0.1, 0.15) is 13.3 Å². The van der Waals surface area contributed by atoms with Gasteiger partial charge in [-0.15, -0.1) is 11.3 Å². The van der Waals surface area contributed by atoms with Crippen LogP contribution in [-0.4, -0.2) is 29.0 Å². The number of nitrogens with one attached hydrogen (secondary N) is 2. The van der Waals surface area contributed by atoms with Gasteiger partial charge in [0, 0.05) is 18.1 Å². The molecule has 2 aromatic rings. The second-order valence-corrected chi connectivity index (χ2v) is 6.05. The summed E-state index contributed by atoms with van der Waals surface area (Å²) >= 11 is 1.43. The summed E-state index contributed by atoms with van der Waals surface area (Å²) in [7, 11) is 0. The molecule has 1 amide bonds. The summed E-state index contributed by atoms with van der Waals surface area (Å²) in [5.74, 6) is 0.0319. The lowest BCUT2D eigenvalue weighted by Crippen LogP contribution is -2.35. The van der Waals surface area contributed by atoms with E-state index in [1.165, 1.54) is 11.3 Å². The monoisotopic (exact) mass is 288 g/mol. The van der Waals surface area contributed by atoms with Gasteiger partial charge in [-0.3, -0.25) is 9.78 Å². The van der Waals surface area contributed by atoms with Crippen LogP contribution >= 0.6 is 11.3 Å². The maximum Gasteiger partial charge on any atom is 0.233 e. The Morgan fingerprint density at radius 2 is 2.35 bits per heavy atom. The first-order chi connectivity index (χ1) is 9.67. The number of thiazole rings is 1. The lowest BCUT2D eigenvalue weighted by molar-refractivity contribution is -0.123. The molecule has 3 rings (SSSR count). The molecule has 2 N–H and O–H groups in total. The smallest absolute Gasteiger partial charge is 0.233 e. The molecule has 1 fully saturated rings. The molecule has 3 heterocycles. The van der Waals surface area contributed by atoms with Gasteiger partial charge in [0.15, 0.2) is 5.13 Å². The van der Waals surface area contributed by atoms with Crippen molar-refractivity contribution in [2.75, 3.05) is 18.4 Å². The summed E-state index contributed by atoms with van der Waals surface area (Å²) in [6, 6.07) is 5.69. The average Bonchev–Trinajstić information content (AvgIpc) is 3.10. The fraction of sp³-hybridized carbons (Fsp3) is 0.357. The summed E-state index contributed by atoms with van der Waals surface area (Å²) in [6.45, 7) is 3.59. The van der Waals surface area contributed by atoms with Crippen LogP contribution in [0.4, 0.5) is 5.13 Å². The van der Waals surface area contributed by atoms with Crippen molar-refractivity contribution in [1.29, 1.82) is 0 Å². The maximum absolute atomic E-state index is 12.3. The highest BCUT2D eigenvalue weighted by Gasteiger charge is 2.36. The van der Waals surface area contributed by atoms with Crippen LogP contribution in [0.2, 0.25) is 0 Å². The first kappa shape index (κ1) is 13.2. The molecular formula is C14H16N4OS. The van der Waals surface area contributed by atoms with Gasteiger partial charge in [-0.05, 0) is 32.0 Å². The van der Waals surface area contributed by atoms with E-state index in [1.54, 1.807) is 6.20 Å². The molecule has 1 saturated heterocycles. The molecule has 0 radical (unpaired) electrons. The van der Waals surface area contributed by atoms with E-state index in [0.717, 1.165) is 30.9 Å².